The lowest BCUT2D eigenvalue weighted by atomic mass is 9.88. The van der Waals surface area contributed by atoms with E-state index in [0.29, 0.717) is 12.1 Å². The van der Waals surface area contributed by atoms with E-state index in [9.17, 15) is 4.79 Å². The summed E-state index contributed by atoms with van der Waals surface area (Å²) in [5.74, 6) is -0.305. The predicted molar refractivity (Wildman–Crippen MR) is 38.2 cm³/mol. The van der Waals surface area contributed by atoms with Crippen LogP contribution < -0.4 is 16.8 Å². The maximum absolute atomic E-state index is 10.3. The molecule has 1 amide bonds. The Kier molecular flexibility index (Phi) is 2.24. The number of carbonyl (C=O) groups is 1. The lowest BCUT2D eigenvalue weighted by molar-refractivity contribution is -0.117. The molecule has 0 saturated heterocycles. The van der Waals surface area contributed by atoms with E-state index >= 15 is 0 Å². The summed E-state index contributed by atoms with van der Waals surface area (Å²) in [5, 5.41) is 2.99. The van der Waals surface area contributed by atoms with Gasteiger partial charge in [0.15, 0.2) is 0 Å². The highest BCUT2D eigenvalue weighted by Gasteiger charge is 2.25. The second-order valence-electron chi connectivity index (χ2n) is 2.78. The van der Waals surface area contributed by atoms with E-state index in [1.54, 1.807) is 0 Å². The van der Waals surface area contributed by atoms with Crippen LogP contribution in [0.1, 0.15) is 12.8 Å². The Morgan fingerprint density at radius 2 is 2.20 bits per heavy atom. The Hall–Kier alpha value is -0.610. The summed E-state index contributed by atoms with van der Waals surface area (Å²) in [6, 6.07) is 0.743. The monoisotopic (exact) mass is 143 g/mol. The van der Waals surface area contributed by atoms with Crippen molar-refractivity contribution in [3.8, 4) is 0 Å². The molecule has 0 aliphatic heterocycles. The number of hydrogen-bond acceptors (Lipinski definition) is 3. The van der Waals surface area contributed by atoms with Crippen LogP contribution in [0.15, 0.2) is 0 Å². The molecule has 0 atom stereocenters. The minimum atomic E-state index is -0.305. The zero-order chi connectivity index (χ0) is 7.56. The van der Waals surface area contributed by atoms with Crippen molar-refractivity contribution >= 4 is 5.91 Å². The van der Waals surface area contributed by atoms with Gasteiger partial charge in [0.1, 0.15) is 0 Å². The standard InChI is InChI=1S/C6H13N3O/c7-4-1-5(2-4)9-3-6(8)10/h4-5,9H,1-3,7H2,(H2,8,10). The zero-order valence-electron chi connectivity index (χ0n) is 5.84. The highest BCUT2D eigenvalue weighted by Crippen LogP contribution is 2.16. The minimum Gasteiger partial charge on any atom is -0.369 e. The van der Waals surface area contributed by atoms with Crippen LogP contribution in [0.4, 0.5) is 0 Å². The van der Waals surface area contributed by atoms with E-state index in [1.807, 2.05) is 0 Å². The van der Waals surface area contributed by atoms with Crippen LogP contribution >= 0.6 is 0 Å². The summed E-state index contributed by atoms with van der Waals surface area (Å²) in [6.07, 6.45) is 1.93. The summed E-state index contributed by atoms with van der Waals surface area (Å²) in [6.45, 7) is 0.275. The number of nitrogens with two attached hydrogens (primary N) is 2. The molecule has 1 aliphatic carbocycles. The molecule has 0 spiro atoms. The quantitative estimate of drug-likeness (QED) is 0.452. The van der Waals surface area contributed by atoms with Gasteiger partial charge in [-0.25, -0.2) is 0 Å². The van der Waals surface area contributed by atoms with Crippen LogP contribution in [0, 0.1) is 0 Å². The molecule has 10 heavy (non-hydrogen) atoms. The van der Waals surface area contributed by atoms with Gasteiger partial charge in [0, 0.05) is 12.1 Å². The highest BCUT2D eigenvalue weighted by molar-refractivity contribution is 5.75. The van der Waals surface area contributed by atoms with Gasteiger partial charge in [0.25, 0.3) is 0 Å². The van der Waals surface area contributed by atoms with Gasteiger partial charge < -0.3 is 16.8 Å². The van der Waals surface area contributed by atoms with Crippen molar-refractivity contribution in [3.05, 3.63) is 0 Å². The van der Waals surface area contributed by atoms with E-state index in [1.165, 1.54) is 0 Å². The molecule has 1 saturated carbocycles. The van der Waals surface area contributed by atoms with Crippen LogP contribution in [0.3, 0.4) is 0 Å². The summed E-state index contributed by atoms with van der Waals surface area (Å²) in [7, 11) is 0. The molecule has 5 N–H and O–H groups in total. The third-order valence-corrected chi connectivity index (χ3v) is 1.74. The van der Waals surface area contributed by atoms with E-state index in [2.05, 4.69) is 5.32 Å². The number of amides is 1. The largest absolute Gasteiger partial charge is 0.369 e. The molecule has 1 fully saturated rings. The molecule has 1 rings (SSSR count). The van der Waals surface area contributed by atoms with E-state index in [4.69, 9.17) is 11.5 Å². The van der Waals surface area contributed by atoms with Gasteiger partial charge >= 0.3 is 0 Å². The fourth-order valence-electron chi connectivity index (χ4n) is 1.07. The molecule has 58 valence electrons. The van der Waals surface area contributed by atoms with Crippen LogP contribution in [0.5, 0.6) is 0 Å². The first-order valence-electron chi connectivity index (χ1n) is 3.45. The fraction of sp³-hybridized carbons (Fsp3) is 0.833. The molecule has 1 aliphatic rings. The van der Waals surface area contributed by atoms with Crippen molar-refractivity contribution in [2.24, 2.45) is 11.5 Å². The van der Waals surface area contributed by atoms with Crippen molar-refractivity contribution in [2.75, 3.05) is 6.54 Å². The SMILES string of the molecule is NC(=O)CNC1CC(N)C1. The van der Waals surface area contributed by atoms with Crippen molar-refractivity contribution < 1.29 is 4.79 Å². The first-order valence-corrected chi connectivity index (χ1v) is 3.45. The Labute approximate surface area is 59.9 Å². The molecule has 0 aromatic carbocycles. The third-order valence-electron chi connectivity index (χ3n) is 1.74. The summed E-state index contributed by atoms with van der Waals surface area (Å²) in [5.41, 5.74) is 10.4. The first-order chi connectivity index (χ1) is 4.68. The van der Waals surface area contributed by atoms with Gasteiger partial charge in [-0.1, -0.05) is 0 Å². The van der Waals surface area contributed by atoms with E-state index in [-0.39, 0.29) is 12.5 Å². The molecule has 0 aromatic heterocycles. The third kappa shape index (κ3) is 1.97. The molecule has 0 aromatic rings. The van der Waals surface area contributed by atoms with E-state index in [0.717, 1.165) is 12.8 Å². The average Bonchev–Trinajstić information content (AvgIpc) is 1.77. The summed E-state index contributed by atoms with van der Waals surface area (Å²) < 4.78 is 0. The van der Waals surface area contributed by atoms with Gasteiger partial charge in [0.05, 0.1) is 6.54 Å². The van der Waals surface area contributed by atoms with Crippen LogP contribution in [0.2, 0.25) is 0 Å². The summed E-state index contributed by atoms with van der Waals surface area (Å²) >= 11 is 0. The molecule has 4 heteroatoms. The molecule has 0 unspecified atom stereocenters. The van der Waals surface area contributed by atoms with Crippen LogP contribution in [-0.4, -0.2) is 24.5 Å². The molecular formula is C6H13N3O. The minimum absolute atomic E-state index is 0.275. The molecule has 0 heterocycles. The van der Waals surface area contributed by atoms with Gasteiger partial charge in [0.2, 0.25) is 5.91 Å². The molecular weight excluding hydrogens is 130 g/mol. The molecule has 0 bridgehead atoms. The number of primary amides is 1. The second kappa shape index (κ2) is 2.98. The van der Waals surface area contributed by atoms with Gasteiger partial charge in [-0.2, -0.15) is 0 Å². The Balaban J connectivity index is 2.00. The van der Waals surface area contributed by atoms with Gasteiger partial charge in [-0.15, -0.1) is 0 Å². The van der Waals surface area contributed by atoms with Crippen molar-refractivity contribution in [1.82, 2.24) is 5.32 Å². The van der Waals surface area contributed by atoms with Crippen LogP contribution in [-0.2, 0) is 4.79 Å². The zero-order valence-corrected chi connectivity index (χ0v) is 5.84. The van der Waals surface area contributed by atoms with Gasteiger partial charge in [-0.3, -0.25) is 4.79 Å². The van der Waals surface area contributed by atoms with Gasteiger partial charge in [-0.05, 0) is 12.8 Å². The molecule has 0 radical (unpaired) electrons. The van der Waals surface area contributed by atoms with Crippen molar-refractivity contribution in [2.45, 2.75) is 24.9 Å². The summed E-state index contributed by atoms with van der Waals surface area (Å²) in [4.78, 5) is 10.3. The lowest BCUT2D eigenvalue weighted by Crippen LogP contribution is -2.50. The maximum Gasteiger partial charge on any atom is 0.231 e. The Morgan fingerprint density at radius 3 is 2.60 bits per heavy atom. The number of rotatable bonds is 3. The first kappa shape index (κ1) is 7.50. The number of carbonyl (C=O) groups excluding carboxylic acids is 1. The smallest absolute Gasteiger partial charge is 0.231 e. The lowest BCUT2D eigenvalue weighted by Gasteiger charge is -2.32. The molecule has 4 nitrogen and oxygen atoms in total. The Bertz CT molecular complexity index is 131. The fourth-order valence-corrected chi connectivity index (χ4v) is 1.07. The van der Waals surface area contributed by atoms with Crippen molar-refractivity contribution in [1.29, 1.82) is 0 Å². The normalized spacial score (nSPS) is 31.3. The van der Waals surface area contributed by atoms with Crippen LogP contribution in [0.25, 0.3) is 0 Å². The highest BCUT2D eigenvalue weighted by atomic mass is 16.1. The number of nitrogens with one attached hydrogen (secondary N) is 1. The van der Waals surface area contributed by atoms with E-state index < -0.39 is 0 Å². The average molecular weight is 143 g/mol. The maximum atomic E-state index is 10.3. The predicted octanol–water partition coefficient (Wildman–Crippen LogP) is -1.45. The Morgan fingerprint density at radius 1 is 1.60 bits per heavy atom. The topological polar surface area (TPSA) is 81.1 Å². The van der Waals surface area contributed by atoms with Crippen molar-refractivity contribution in [3.63, 3.8) is 0 Å². The number of hydrogen-bond donors (Lipinski definition) is 3. The second-order valence-corrected chi connectivity index (χ2v) is 2.78.